The van der Waals surface area contributed by atoms with Gasteiger partial charge in [-0.1, -0.05) is 32.0 Å². The van der Waals surface area contributed by atoms with Gasteiger partial charge in [-0.05, 0) is 29.7 Å². The number of carboxylic acid groups (broad SMARTS) is 1. The molecule has 0 aliphatic carbocycles. The summed E-state index contributed by atoms with van der Waals surface area (Å²) >= 11 is 0. The molecule has 110 valence electrons. The number of aromatic carboxylic acids is 1. The molecule has 0 heterocycles. The first kappa shape index (κ1) is 14.9. The van der Waals surface area contributed by atoms with Gasteiger partial charge in [0.25, 0.3) is 0 Å². The highest BCUT2D eigenvalue weighted by atomic mass is 16.5. The van der Waals surface area contributed by atoms with Crippen LogP contribution >= 0.6 is 0 Å². The van der Waals surface area contributed by atoms with Crippen LogP contribution in [-0.2, 0) is 0 Å². The average molecular weight is 286 g/mol. The SMILES string of the molecule is COc1ccc(C(=O)O)c(Oc2ccccc2C(C)C)c1. The van der Waals surface area contributed by atoms with Crippen molar-refractivity contribution in [3.05, 3.63) is 53.6 Å². The van der Waals surface area contributed by atoms with Crippen molar-refractivity contribution in [1.82, 2.24) is 0 Å². The molecule has 4 nitrogen and oxygen atoms in total. The second-order valence-electron chi connectivity index (χ2n) is 4.96. The predicted molar refractivity (Wildman–Crippen MR) is 80.6 cm³/mol. The lowest BCUT2D eigenvalue weighted by atomic mass is 10.0. The normalized spacial score (nSPS) is 10.5. The fraction of sp³-hybridized carbons (Fsp3) is 0.235. The summed E-state index contributed by atoms with van der Waals surface area (Å²) in [6.45, 7) is 4.12. The molecular weight excluding hydrogens is 268 g/mol. The number of methoxy groups -OCH3 is 1. The second-order valence-corrected chi connectivity index (χ2v) is 4.96. The number of para-hydroxylation sites is 1. The summed E-state index contributed by atoms with van der Waals surface area (Å²) in [6, 6.07) is 12.3. The van der Waals surface area contributed by atoms with Crippen molar-refractivity contribution in [1.29, 1.82) is 0 Å². The van der Waals surface area contributed by atoms with Gasteiger partial charge in [0.1, 0.15) is 22.8 Å². The minimum Gasteiger partial charge on any atom is -0.497 e. The van der Waals surface area contributed by atoms with Crippen LogP contribution < -0.4 is 9.47 Å². The molecule has 0 aliphatic heterocycles. The van der Waals surface area contributed by atoms with E-state index >= 15 is 0 Å². The smallest absolute Gasteiger partial charge is 0.339 e. The standard InChI is InChI=1S/C17H18O4/c1-11(2)13-6-4-5-7-15(13)21-16-10-12(20-3)8-9-14(16)17(18)19/h4-11H,1-3H3,(H,18,19). The maximum atomic E-state index is 11.3. The summed E-state index contributed by atoms with van der Waals surface area (Å²) in [4.78, 5) is 11.3. The molecule has 0 unspecified atom stereocenters. The zero-order valence-corrected chi connectivity index (χ0v) is 12.3. The predicted octanol–water partition coefficient (Wildman–Crippen LogP) is 4.31. The molecule has 2 aromatic rings. The van der Waals surface area contributed by atoms with Crippen molar-refractivity contribution >= 4 is 5.97 Å². The second kappa shape index (κ2) is 6.31. The average Bonchev–Trinajstić information content (AvgIpc) is 2.47. The Balaban J connectivity index is 2.45. The summed E-state index contributed by atoms with van der Waals surface area (Å²) in [5.74, 6) is 0.727. The van der Waals surface area contributed by atoms with Crippen LogP contribution in [0.5, 0.6) is 17.2 Å². The molecular formula is C17H18O4. The summed E-state index contributed by atoms with van der Waals surface area (Å²) in [6.07, 6.45) is 0. The minimum atomic E-state index is -1.03. The molecule has 0 aliphatic rings. The van der Waals surface area contributed by atoms with Crippen LogP contribution in [0.2, 0.25) is 0 Å². The molecule has 0 atom stereocenters. The fourth-order valence-electron chi connectivity index (χ4n) is 2.06. The topological polar surface area (TPSA) is 55.8 Å². The van der Waals surface area contributed by atoms with E-state index in [4.69, 9.17) is 9.47 Å². The zero-order valence-electron chi connectivity index (χ0n) is 12.3. The third-order valence-electron chi connectivity index (χ3n) is 3.18. The van der Waals surface area contributed by atoms with Gasteiger partial charge in [-0.15, -0.1) is 0 Å². The molecule has 1 N–H and O–H groups in total. The van der Waals surface area contributed by atoms with Gasteiger partial charge < -0.3 is 14.6 Å². The Hall–Kier alpha value is -2.49. The van der Waals surface area contributed by atoms with Gasteiger partial charge in [0.05, 0.1) is 7.11 Å². The molecule has 0 amide bonds. The first-order chi connectivity index (χ1) is 10.0. The Morgan fingerprint density at radius 3 is 2.43 bits per heavy atom. The van der Waals surface area contributed by atoms with Crippen molar-refractivity contribution in [2.24, 2.45) is 0 Å². The van der Waals surface area contributed by atoms with Crippen molar-refractivity contribution in [3.63, 3.8) is 0 Å². The molecule has 2 aromatic carbocycles. The molecule has 0 radical (unpaired) electrons. The Bertz CT molecular complexity index is 647. The summed E-state index contributed by atoms with van der Waals surface area (Å²) in [5, 5.41) is 9.26. The molecule has 0 bridgehead atoms. The van der Waals surface area contributed by atoms with E-state index in [2.05, 4.69) is 13.8 Å². The number of carbonyl (C=O) groups is 1. The van der Waals surface area contributed by atoms with Crippen LogP contribution in [0.25, 0.3) is 0 Å². The first-order valence-electron chi connectivity index (χ1n) is 6.71. The van der Waals surface area contributed by atoms with Crippen LogP contribution in [0, 0.1) is 0 Å². The third kappa shape index (κ3) is 3.34. The van der Waals surface area contributed by atoms with E-state index in [1.54, 1.807) is 12.1 Å². The zero-order chi connectivity index (χ0) is 15.4. The van der Waals surface area contributed by atoms with Gasteiger partial charge >= 0.3 is 5.97 Å². The van der Waals surface area contributed by atoms with Gasteiger partial charge in [0.2, 0.25) is 0 Å². The van der Waals surface area contributed by atoms with Crippen molar-refractivity contribution in [3.8, 4) is 17.2 Å². The highest BCUT2D eigenvalue weighted by Gasteiger charge is 2.15. The number of hydrogen-bond donors (Lipinski definition) is 1. The Kier molecular flexibility index (Phi) is 4.48. The lowest BCUT2D eigenvalue weighted by Crippen LogP contribution is -2.02. The number of carboxylic acids is 1. The van der Waals surface area contributed by atoms with E-state index in [-0.39, 0.29) is 17.2 Å². The molecule has 0 spiro atoms. The van der Waals surface area contributed by atoms with E-state index < -0.39 is 5.97 Å². The Morgan fingerprint density at radius 1 is 1.10 bits per heavy atom. The van der Waals surface area contributed by atoms with Gasteiger partial charge in [-0.25, -0.2) is 4.79 Å². The third-order valence-corrected chi connectivity index (χ3v) is 3.18. The fourth-order valence-corrected chi connectivity index (χ4v) is 2.06. The van der Waals surface area contributed by atoms with E-state index in [1.165, 1.54) is 13.2 Å². The van der Waals surface area contributed by atoms with Crippen LogP contribution in [0.15, 0.2) is 42.5 Å². The number of rotatable bonds is 5. The maximum Gasteiger partial charge on any atom is 0.339 e. The Labute approximate surface area is 123 Å². The molecule has 0 aromatic heterocycles. The lowest BCUT2D eigenvalue weighted by Gasteiger charge is -2.15. The van der Waals surface area contributed by atoms with Crippen molar-refractivity contribution < 1.29 is 19.4 Å². The molecule has 21 heavy (non-hydrogen) atoms. The molecule has 2 rings (SSSR count). The number of ether oxygens (including phenoxy) is 2. The van der Waals surface area contributed by atoms with Crippen LogP contribution in [0.3, 0.4) is 0 Å². The summed E-state index contributed by atoms with van der Waals surface area (Å²) in [7, 11) is 1.53. The van der Waals surface area contributed by atoms with Crippen molar-refractivity contribution in [2.45, 2.75) is 19.8 Å². The quantitative estimate of drug-likeness (QED) is 0.889. The first-order valence-corrected chi connectivity index (χ1v) is 6.71. The van der Waals surface area contributed by atoms with Crippen LogP contribution in [0.1, 0.15) is 35.7 Å². The largest absolute Gasteiger partial charge is 0.497 e. The van der Waals surface area contributed by atoms with Gasteiger partial charge in [0, 0.05) is 6.07 Å². The van der Waals surface area contributed by atoms with Gasteiger partial charge in [0.15, 0.2) is 0 Å². The monoisotopic (exact) mass is 286 g/mol. The highest BCUT2D eigenvalue weighted by molar-refractivity contribution is 5.91. The van der Waals surface area contributed by atoms with E-state index in [0.29, 0.717) is 11.5 Å². The van der Waals surface area contributed by atoms with Crippen LogP contribution in [0.4, 0.5) is 0 Å². The highest BCUT2D eigenvalue weighted by Crippen LogP contribution is 2.34. The molecule has 0 saturated carbocycles. The summed E-state index contributed by atoms with van der Waals surface area (Å²) in [5.41, 5.74) is 1.13. The maximum absolute atomic E-state index is 11.3. The molecule has 4 heteroatoms. The molecule has 0 saturated heterocycles. The van der Waals surface area contributed by atoms with E-state index in [9.17, 15) is 9.90 Å². The lowest BCUT2D eigenvalue weighted by molar-refractivity contribution is 0.0694. The van der Waals surface area contributed by atoms with Gasteiger partial charge in [-0.2, -0.15) is 0 Å². The summed E-state index contributed by atoms with van der Waals surface area (Å²) < 4.78 is 11.0. The number of hydrogen-bond acceptors (Lipinski definition) is 3. The van der Waals surface area contributed by atoms with E-state index in [0.717, 1.165) is 5.56 Å². The number of benzene rings is 2. The van der Waals surface area contributed by atoms with Crippen LogP contribution in [-0.4, -0.2) is 18.2 Å². The van der Waals surface area contributed by atoms with Gasteiger partial charge in [-0.3, -0.25) is 0 Å². The Morgan fingerprint density at radius 2 is 1.81 bits per heavy atom. The van der Waals surface area contributed by atoms with Crippen molar-refractivity contribution in [2.75, 3.05) is 7.11 Å². The van der Waals surface area contributed by atoms with E-state index in [1.807, 2.05) is 24.3 Å². The molecule has 0 fully saturated rings. The minimum absolute atomic E-state index is 0.106.